The molecule has 8 rings (SSSR count). The first-order valence-corrected chi connectivity index (χ1v) is 21.7. The minimum absolute atomic E-state index is 0.0904. The lowest BCUT2D eigenvalue weighted by Gasteiger charge is -2.50. The van der Waals surface area contributed by atoms with Crippen molar-refractivity contribution in [2.24, 2.45) is 5.73 Å². The van der Waals surface area contributed by atoms with Gasteiger partial charge < -0.3 is 41.3 Å². The fourth-order valence-electron chi connectivity index (χ4n) is 9.09. The SMILES string of the molecule is NC(=O)C1(N2CCCC(c3ccc(C(=O)Nc4cnc(N5CCN(c6ccccn6)CC5)c(C(=O)O)c4)c(F)c3)C2)CCN(c2ccc(NC(=O)c3ccc(Cl)cc3)c(C(=O)O)c2)CC1. The number of hydrogen-bond donors (Lipinski definition) is 5. The van der Waals surface area contributed by atoms with E-state index in [1.807, 2.05) is 28.0 Å². The van der Waals surface area contributed by atoms with Gasteiger partial charge in [-0.15, -0.1) is 0 Å². The number of carbonyl (C=O) groups excluding carboxylic acids is 3. The summed E-state index contributed by atoms with van der Waals surface area (Å²) in [6, 6.07) is 22.4. The Balaban J connectivity index is 0.900. The molecule has 65 heavy (non-hydrogen) atoms. The second-order valence-electron chi connectivity index (χ2n) is 16.4. The molecule has 3 aliphatic rings. The number of hydrogen-bond acceptors (Lipinski definition) is 11. The van der Waals surface area contributed by atoms with Gasteiger partial charge in [0.25, 0.3) is 11.8 Å². The molecule has 0 bridgehead atoms. The summed E-state index contributed by atoms with van der Waals surface area (Å²) in [6.07, 6.45) is 5.24. The molecule has 5 heterocycles. The number of carboxylic acid groups (broad SMARTS) is 2. The van der Waals surface area contributed by atoms with E-state index in [0.29, 0.717) is 93.5 Å². The second kappa shape index (κ2) is 18.9. The van der Waals surface area contributed by atoms with Crippen LogP contribution in [-0.4, -0.2) is 113 Å². The Morgan fingerprint density at radius 3 is 2.12 bits per heavy atom. The fraction of sp³-hybridized carbons (Fsp3) is 0.298. The van der Waals surface area contributed by atoms with Crippen molar-refractivity contribution >= 4 is 70.0 Å². The van der Waals surface area contributed by atoms with Gasteiger partial charge in [0.1, 0.15) is 28.6 Å². The van der Waals surface area contributed by atoms with E-state index in [2.05, 4.69) is 30.4 Å². The average Bonchev–Trinajstić information content (AvgIpc) is 3.32. The lowest BCUT2D eigenvalue weighted by Crippen LogP contribution is -2.64. The number of likely N-dealkylation sites (tertiary alicyclic amines) is 1. The van der Waals surface area contributed by atoms with Crippen molar-refractivity contribution in [3.05, 3.63) is 136 Å². The Kier molecular flexibility index (Phi) is 13.0. The van der Waals surface area contributed by atoms with Crippen LogP contribution < -0.4 is 31.1 Å². The molecular formula is C47H47ClFN9O7. The fourth-order valence-corrected chi connectivity index (χ4v) is 9.22. The minimum atomic E-state index is -1.22. The molecule has 0 saturated carbocycles. The molecule has 3 aromatic carbocycles. The van der Waals surface area contributed by atoms with Gasteiger partial charge in [-0.05, 0) is 117 Å². The zero-order valence-corrected chi connectivity index (χ0v) is 36.0. The lowest BCUT2D eigenvalue weighted by atomic mass is 9.80. The van der Waals surface area contributed by atoms with Crippen LogP contribution in [0.15, 0.2) is 97.3 Å². The number of nitrogens with one attached hydrogen (secondary N) is 2. The number of carboxylic acids is 2. The first-order chi connectivity index (χ1) is 31.3. The van der Waals surface area contributed by atoms with E-state index in [9.17, 15) is 34.2 Å². The molecule has 16 nitrogen and oxygen atoms in total. The van der Waals surface area contributed by atoms with Crippen molar-refractivity contribution in [2.45, 2.75) is 37.1 Å². The summed E-state index contributed by atoms with van der Waals surface area (Å²) in [5, 5.41) is 25.9. The molecule has 0 aliphatic carbocycles. The van der Waals surface area contributed by atoms with Gasteiger partial charge in [-0.2, -0.15) is 0 Å². The van der Waals surface area contributed by atoms with Gasteiger partial charge in [-0.25, -0.2) is 23.9 Å². The summed E-state index contributed by atoms with van der Waals surface area (Å²) < 4.78 is 15.8. The highest BCUT2D eigenvalue weighted by molar-refractivity contribution is 6.30. The molecule has 1 atom stereocenters. The number of amides is 3. The van der Waals surface area contributed by atoms with Crippen molar-refractivity contribution in [3.63, 3.8) is 0 Å². The highest BCUT2D eigenvalue weighted by Gasteiger charge is 2.46. The quantitative estimate of drug-likeness (QED) is 0.0945. The summed E-state index contributed by atoms with van der Waals surface area (Å²) in [5.74, 6) is -3.96. The number of aromatic nitrogens is 2. The predicted molar refractivity (Wildman–Crippen MR) is 244 cm³/mol. The summed E-state index contributed by atoms with van der Waals surface area (Å²) in [4.78, 5) is 81.1. The van der Waals surface area contributed by atoms with Gasteiger partial charge >= 0.3 is 11.9 Å². The minimum Gasteiger partial charge on any atom is -0.478 e. The van der Waals surface area contributed by atoms with Gasteiger partial charge in [-0.3, -0.25) is 19.3 Å². The molecule has 5 aromatic rings. The highest BCUT2D eigenvalue weighted by atomic mass is 35.5. The summed E-state index contributed by atoms with van der Waals surface area (Å²) in [5.41, 5.74) is 6.58. The van der Waals surface area contributed by atoms with Crippen LogP contribution in [0.5, 0.6) is 0 Å². The molecule has 336 valence electrons. The number of nitrogens with zero attached hydrogens (tertiary/aromatic N) is 6. The Morgan fingerprint density at radius 2 is 1.46 bits per heavy atom. The number of halogens is 2. The zero-order chi connectivity index (χ0) is 45.8. The number of carbonyl (C=O) groups is 5. The van der Waals surface area contributed by atoms with Crippen molar-refractivity contribution < 1.29 is 38.6 Å². The molecule has 1 unspecified atom stereocenters. The maximum Gasteiger partial charge on any atom is 0.339 e. The van der Waals surface area contributed by atoms with E-state index in [4.69, 9.17) is 17.3 Å². The van der Waals surface area contributed by atoms with Gasteiger partial charge in [0, 0.05) is 68.3 Å². The standard InChI is InChI=1S/C47H47ClFN9O7/c48-32-9-6-29(7-10-32)42(59)54-39-13-11-34(26-36(39)44(61)62)55-18-14-47(15-19-55,46(50)65)58-17-3-4-31(28-58)30-8-12-35(38(49)24-30)43(60)53-33-25-37(45(63)64)41(52-27-33)57-22-20-56(21-23-57)40-5-1-2-16-51-40/h1-2,5-13,16,24-27,31H,3-4,14-15,17-23,28H2,(H2,50,65)(H,53,60)(H,54,59)(H,61,62)(H,63,64). The number of anilines is 5. The normalized spacial score (nSPS) is 17.6. The monoisotopic (exact) mass is 903 g/mol. The van der Waals surface area contributed by atoms with Crippen LogP contribution in [-0.2, 0) is 4.79 Å². The smallest absolute Gasteiger partial charge is 0.339 e. The number of piperazine rings is 1. The number of nitrogens with two attached hydrogens (primary N) is 1. The number of pyridine rings is 2. The van der Waals surface area contributed by atoms with E-state index in [1.54, 1.807) is 48.7 Å². The topological polar surface area (TPSA) is 215 Å². The summed E-state index contributed by atoms with van der Waals surface area (Å²) >= 11 is 5.94. The van der Waals surface area contributed by atoms with E-state index in [1.165, 1.54) is 30.5 Å². The van der Waals surface area contributed by atoms with E-state index in [0.717, 1.165) is 12.2 Å². The van der Waals surface area contributed by atoms with Crippen LogP contribution in [0.25, 0.3) is 0 Å². The Morgan fingerprint density at radius 1 is 0.738 bits per heavy atom. The van der Waals surface area contributed by atoms with E-state index >= 15 is 4.39 Å². The molecule has 3 aliphatic heterocycles. The molecule has 18 heteroatoms. The molecule has 3 saturated heterocycles. The summed E-state index contributed by atoms with van der Waals surface area (Å²) in [6.45, 7) is 4.06. The van der Waals surface area contributed by atoms with Gasteiger partial charge in [0.2, 0.25) is 5.91 Å². The number of primary amides is 1. The zero-order valence-electron chi connectivity index (χ0n) is 35.3. The van der Waals surface area contributed by atoms with E-state index < -0.39 is 41.0 Å². The van der Waals surface area contributed by atoms with Crippen molar-refractivity contribution in [2.75, 3.05) is 77.7 Å². The number of aromatic carboxylic acids is 2. The Labute approximate surface area is 378 Å². The highest BCUT2D eigenvalue weighted by Crippen LogP contribution is 2.38. The largest absolute Gasteiger partial charge is 0.478 e. The second-order valence-corrected chi connectivity index (χ2v) is 16.9. The predicted octanol–water partition coefficient (Wildman–Crippen LogP) is 6.20. The first kappa shape index (κ1) is 44.5. The molecular weight excluding hydrogens is 857 g/mol. The molecule has 6 N–H and O–H groups in total. The van der Waals surface area contributed by atoms with Crippen molar-refractivity contribution in [1.29, 1.82) is 0 Å². The number of benzene rings is 3. The average molecular weight is 904 g/mol. The molecule has 0 spiro atoms. The Hall–Kier alpha value is -7.11. The van der Waals surface area contributed by atoms with Crippen molar-refractivity contribution in [3.8, 4) is 0 Å². The number of rotatable bonds is 12. The molecule has 3 amide bonds. The third-order valence-corrected chi connectivity index (χ3v) is 12.9. The molecule has 2 aromatic heterocycles. The maximum absolute atomic E-state index is 15.8. The first-order valence-electron chi connectivity index (χ1n) is 21.3. The van der Waals surface area contributed by atoms with Crippen LogP contribution in [0.2, 0.25) is 5.02 Å². The van der Waals surface area contributed by atoms with Crippen LogP contribution >= 0.6 is 11.6 Å². The van der Waals surface area contributed by atoms with Crippen molar-refractivity contribution in [1.82, 2.24) is 14.9 Å². The summed E-state index contributed by atoms with van der Waals surface area (Å²) in [7, 11) is 0. The van der Waals surface area contributed by atoms with Crippen LogP contribution in [0.1, 0.15) is 78.6 Å². The van der Waals surface area contributed by atoms with Gasteiger partial charge in [0.05, 0.1) is 28.7 Å². The van der Waals surface area contributed by atoms with Gasteiger partial charge in [-0.1, -0.05) is 23.7 Å². The number of piperidine rings is 2. The van der Waals surface area contributed by atoms with Gasteiger partial charge in [0.15, 0.2) is 0 Å². The van der Waals surface area contributed by atoms with Crippen LogP contribution in [0.3, 0.4) is 0 Å². The van der Waals surface area contributed by atoms with Crippen LogP contribution in [0, 0.1) is 5.82 Å². The third kappa shape index (κ3) is 9.56. The van der Waals surface area contributed by atoms with E-state index in [-0.39, 0.29) is 39.8 Å². The third-order valence-electron chi connectivity index (χ3n) is 12.6. The lowest BCUT2D eigenvalue weighted by molar-refractivity contribution is -0.133. The molecule has 3 fully saturated rings. The van der Waals surface area contributed by atoms with Crippen LogP contribution in [0.4, 0.5) is 33.1 Å². The maximum atomic E-state index is 15.8. The molecule has 0 radical (unpaired) electrons. The Bertz CT molecular complexity index is 2620.